The maximum absolute atomic E-state index is 12.8. The summed E-state index contributed by atoms with van der Waals surface area (Å²) in [5, 5.41) is 0. The van der Waals surface area contributed by atoms with Crippen LogP contribution < -0.4 is 5.73 Å². The van der Waals surface area contributed by atoms with E-state index in [0.29, 0.717) is 12.5 Å². The molecule has 1 aliphatic heterocycles. The summed E-state index contributed by atoms with van der Waals surface area (Å²) in [5.41, 5.74) is 10.1. The van der Waals surface area contributed by atoms with Gasteiger partial charge in [0.05, 0.1) is 0 Å². The molecule has 120 valence electrons. The SMILES string of the molecule is Cc1ccccc1[C@@H]1C[C@H](C)N(C(=O)c2ccc(CN)cc2)C1. The average molecular weight is 308 g/mol. The van der Waals surface area contributed by atoms with Crippen LogP contribution in [0, 0.1) is 6.92 Å². The van der Waals surface area contributed by atoms with Gasteiger partial charge in [0.15, 0.2) is 0 Å². The van der Waals surface area contributed by atoms with E-state index < -0.39 is 0 Å². The van der Waals surface area contributed by atoms with Gasteiger partial charge in [0.2, 0.25) is 0 Å². The van der Waals surface area contributed by atoms with E-state index in [2.05, 4.69) is 38.1 Å². The summed E-state index contributed by atoms with van der Waals surface area (Å²) in [6.07, 6.45) is 1.03. The lowest BCUT2D eigenvalue weighted by Crippen LogP contribution is -2.33. The van der Waals surface area contributed by atoms with Gasteiger partial charge >= 0.3 is 0 Å². The maximum Gasteiger partial charge on any atom is 0.254 e. The number of nitrogens with two attached hydrogens (primary N) is 1. The third-order valence-corrected chi connectivity index (χ3v) is 4.90. The number of hydrogen-bond donors (Lipinski definition) is 1. The Morgan fingerprint density at radius 1 is 1.17 bits per heavy atom. The quantitative estimate of drug-likeness (QED) is 0.943. The van der Waals surface area contributed by atoms with Crippen LogP contribution in [0.5, 0.6) is 0 Å². The number of rotatable bonds is 3. The molecule has 23 heavy (non-hydrogen) atoms. The lowest BCUT2D eigenvalue weighted by Gasteiger charge is -2.22. The van der Waals surface area contributed by atoms with Gasteiger partial charge in [0.1, 0.15) is 0 Å². The lowest BCUT2D eigenvalue weighted by molar-refractivity contribution is 0.0746. The van der Waals surface area contributed by atoms with Gasteiger partial charge in [0, 0.05) is 30.6 Å². The molecule has 1 aliphatic rings. The summed E-state index contributed by atoms with van der Waals surface area (Å²) < 4.78 is 0. The highest BCUT2D eigenvalue weighted by Gasteiger charge is 2.34. The average Bonchev–Trinajstić information content (AvgIpc) is 2.96. The second kappa shape index (κ2) is 6.55. The number of likely N-dealkylation sites (tertiary alicyclic amines) is 1. The number of aryl methyl sites for hydroxylation is 1. The number of hydrogen-bond acceptors (Lipinski definition) is 2. The molecule has 1 saturated heterocycles. The van der Waals surface area contributed by atoms with Crippen LogP contribution in [-0.2, 0) is 6.54 Å². The van der Waals surface area contributed by atoms with Crippen LogP contribution in [0.3, 0.4) is 0 Å². The topological polar surface area (TPSA) is 46.3 Å². The summed E-state index contributed by atoms with van der Waals surface area (Å²) in [5.74, 6) is 0.552. The fraction of sp³-hybridized carbons (Fsp3) is 0.350. The summed E-state index contributed by atoms with van der Waals surface area (Å²) in [6, 6.07) is 16.4. The first kappa shape index (κ1) is 15.8. The standard InChI is InChI=1S/C20H24N2O/c1-14-5-3-4-6-19(14)18-11-15(2)22(13-18)20(23)17-9-7-16(12-21)8-10-17/h3-10,15,18H,11-13,21H2,1-2H3/t15-,18+/m0/s1. The second-order valence-electron chi connectivity index (χ2n) is 6.50. The molecule has 2 aromatic carbocycles. The summed E-state index contributed by atoms with van der Waals surface area (Å²) in [6.45, 7) is 5.59. The molecule has 0 bridgehead atoms. The second-order valence-corrected chi connectivity index (χ2v) is 6.50. The van der Waals surface area contributed by atoms with Gasteiger partial charge in [-0.05, 0) is 49.1 Å². The Morgan fingerprint density at radius 3 is 2.52 bits per heavy atom. The summed E-state index contributed by atoms with van der Waals surface area (Å²) in [7, 11) is 0. The molecule has 3 nitrogen and oxygen atoms in total. The highest BCUT2D eigenvalue weighted by molar-refractivity contribution is 5.94. The maximum atomic E-state index is 12.8. The molecule has 2 atom stereocenters. The van der Waals surface area contributed by atoms with E-state index in [4.69, 9.17) is 5.73 Å². The molecule has 2 aromatic rings. The van der Waals surface area contributed by atoms with Crippen LogP contribution in [0.15, 0.2) is 48.5 Å². The summed E-state index contributed by atoms with van der Waals surface area (Å²) >= 11 is 0. The van der Waals surface area contributed by atoms with Crippen molar-refractivity contribution in [2.24, 2.45) is 5.73 Å². The predicted molar refractivity (Wildman–Crippen MR) is 93.4 cm³/mol. The molecule has 1 amide bonds. The first-order chi connectivity index (χ1) is 11.1. The van der Waals surface area contributed by atoms with E-state index in [1.807, 2.05) is 29.2 Å². The molecule has 0 radical (unpaired) electrons. The minimum atomic E-state index is 0.122. The highest BCUT2D eigenvalue weighted by Crippen LogP contribution is 2.34. The van der Waals surface area contributed by atoms with Gasteiger partial charge in [-0.3, -0.25) is 4.79 Å². The fourth-order valence-corrected chi connectivity index (χ4v) is 3.53. The van der Waals surface area contributed by atoms with E-state index in [1.54, 1.807) is 0 Å². The minimum absolute atomic E-state index is 0.122. The number of amides is 1. The van der Waals surface area contributed by atoms with Crippen molar-refractivity contribution in [2.45, 2.75) is 38.8 Å². The van der Waals surface area contributed by atoms with Crippen LogP contribution >= 0.6 is 0 Å². The third kappa shape index (κ3) is 3.15. The Bertz CT molecular complexity index is 693. The Hall–Kier alpha value is -2.13. The van der Waals surface area contributed by atoms with Crippen molar-refractivity contribution in [3.05, 3.63) is 70.8 Å². The molecule has 3 heteroatoms. The van der Waals surface area contributed by atoms with Gasteiger partial charge in [-0.2, -0.15) is 0 Å². The Labute approximate surface area is 138 Å². The fourth-order valence-electron chi connectivity index (χ4n) is 3.53. The normalized spacial score (nSPS) is 20.7. The number of nitrogens with zero attached hydrogens (tertiary/aromatic N) is 1. The van der Waals surface area contributed by atoms with E-state index in [9.17, 15) is 4.79 Å². The van der Waals surface area contributed by atoms with E-state index in [1.165, 1.54) is 11.1 Å². The molecule has 2 N–H and O–H groups in total. The van der Waals surface area contributed by atoms with Crippen molar-refractivity contribution in [3.63, 3.8) is 0 Å². The van der Waals surface area contributed by atoms with E-state index in [0.717, 1.165) is 24.1 Å². The largest absolute Gasteiger partial charge is 0.335 e. The Kier molecular flexibility index (Phi) is 4.49. The van der Waals surface area contributed by atoms with Crippen molar-refractivity contribution < 1.29 is 4.79 Å². The zero-order valence-electron chi connectivity index (χ0n) is 13.8. The molecule has 3 rings (SSSR count). The van der Waals surface area contributed by atoms with Crippen LogP contribution in [0.2, 0.25) is 0 Å². The summed E-state index contributed by atoms with van der Waals surface area (Å²) in [4.78, 5) is 14.8. The molecule has 0 spiro atoms. The van der Waals surface area contributed by atoms with Crippen molar-refractivity contribution in [2.75, 3.05) is 6.54 Å². The van der Waals surface area contributed by atoms with Crippen LogP contribution in [0.25, 0.3) is 0 Å². The van der Waals surface area contributed by atoms with Crippen molar-refractivity contribution in [3.8, 4) is 0 Å². The minimum Gasteiger partial charge on any atom is -0.335 e. The zero-order chi connectivity index (χ0) is 16.4. The van der Waals surface area contributed by atoms with Gasteiger partial charge in [-0.1, -0.05) is 36.4 Å². The zero-order valence-corrected chi connectivity index (χ0v) is 13.8. The lowest BCUT2D eigenvalue weighted by atomic mass is 9.93. The molecule has 0 unspecified atom stereocenters. The molecule has 0 saturated carbocycles. The molecule has 1 heterocycles. The van der Waals surface area contributed by atoms with Crippen molar-refractivity contribution in [1.29, 1.82) is 0 Å². The molecule has 0 aromatic heterocycles. The molecule has 0 aliphatic carbocycles. The molecular weight excluding hydrogens is 284 g/mol. The molecule has 1 fully saturated rings. The van der Waals surface area contributed by atoms with Gasteiger partial charge < -0.3 is 10.6 Å². The Balaban J connectivity index is 1.78. The monoisotopic (exact) mass is 308 g/mol. The first-order valence-corrected chi connectivity index (χ1v) is 8.25. The van der Waals surface area contributed by atoms with Crippen molar-refractivity contribution >= 4 is 5.91 Å². The predicted octanol–water partition coefficient (Wildman–Crippen LogP) is 3.47. The smallest absolute Gasteiger partial charge is 0.254 e. The van der Waals surface area contributed by atoms with E-state index in [-0.39, 0.29) is 11.9 Å². The van der Waals surface area contributed by atoms with Crippen molar-refractivity contribution in [1.82, 2.24) is 4.90 Å². The van der Waals surface area contributed by atoms with Crippen LogP contribution in [0.4, 0.5) is 0 Å². The molecular formula is C20H24N2O. The van der Waals surface area contributed by atoms with Crippen LogP contribution in [0.1, 0.15) is 46.3 Å². The van der Waals surface area contributed by atoms with Gasteiger partial charge in [0.25, 0.3) is 5.91 Å². The van der Waals surface area contributed by atoms with Crippen LogP contribution in [-0.4, -0.2) is 23.4 Å². The van der Waals surface area contributed by atoms with Gasteiger partial charge in [-0.25, -0.2) is 0 Å². The Morgan fingerprint density at radius 2 is 1.87 bits per heavy atom. The first-order valence-electron chi connectivity index (χ1n) is 8.25. The number of benzene rings is 2. The highest BCUT2D eigenvalue weighted by atomic mass is 16.2. The number of carbonyl (C=O) groups excluding carboxylic acids is 1. The third-order valence-electron chi connectivity index (χ3n) is 4.90. The van der Waals surface area contributed by atoms with Gasteiger partial charge in [-0.15, -0.1) is 0 Å². The van der Waals surface area contributed by atoms with E-state index >= 15 is 0 Å². The number of carbonyl (C=O) groups is 1.